The van der Waals surface area contributed by atoms with Gasteiger partial charge >= 0.3 is 0 Å². The molecule has 0 spiro atoms. The van der Waals surface area contributed by atoms with Crippen LogP contribution in [0.1, 0.15) is 12.2 Å². The quantitative estimate of drug-likeness (QED) is 0.769. The third kappa shape index (κ3) is 1.30. The predicted molar refractivity (Wildman–Crippen MR) is 63.2 cm³/mol. The van der Waals surface area contributed by atoms with Gasteiger partial charge in [0.05, 0.1) is 10.6 Å². The number of hydrogen-bond acceptors (Lipinski definition) is 3. The average Bonchev–Trinajstić information content (AvgIpc) is 2.81. The molecule has 1 aliphatic rings. The molecule has 0 fully saturated rings. The summed E-state index contributed by atoms with van der Waals surface area (Å²) in [5.41, 5.74) is 7.39. The molecular weight excluding hydrogens is 224 g/mol. The number of hydrogen-bond donors (Lipinski definition) is 1. The van der Waals surface area contributed by atoms with Gasteiger partial charge in [0.2, 0.25) is 0 Å². The molecule has 0 saturated carbocycles. The van der Waals surface area contributed by atoms with E-state index in [1.165, 1.54) is 0 Å². The lowest BCUT2D eigenvalue weighted by atomic mass is 10.1. The first kappa shape index (κ1) is 9.66. The van der Waals surface area contributed by atoms with Gasteiger partial charge in [-0.3, -0.25) is 0 Å². The van der Waals surface area contributed by atoms with Crippen LogP contribution in [0.3, 0.4) is 0 Å². The summed E-state index contributed by atoms with van der Waals surface area (Å²) in [6.07, 6.45) is 2.10. The zero-order valence-corrected chi connectivity index (χ0v) is 9.41. The van der Waals surface area contributed by atoms with Crippen molar-refractivity contribution >= 4 is 17.3 Å². The molecule has 4 nitrogen and oxygen atoms in total. The molecule has 0 unspecified atom stereocenters. The first-order chi connectivity index (χ1) is 7.77. The predicted octanol–water partition coefficient (Wildman–Crippen LogP) is 2.13. The standard InChI is InChI=1S/C11H11ClN4/c12-7-3-1-4-8(13)10(7)11-15-14-9-5-2-6-16(9)11/h1,3-4H,2,5-6,13H2. The maximum Gasteiger partial charge on any atom is 0.167 e. The fourth-order valence-electron chi connectivity index (χ4n) is 2.11. The van der Waals surface area contributed by atoms with Gasteiger partial charge in [0.1, 0.15) is 5.82 Å². The molecule has 2 heterocycles. The summed E-state index contributed by atoms with van der Waals surface area (Å²) in [7, 11) is 0. The van der Waals surface area contributed by atoms with Crippen LogP contribution in [-0.4, -0.2) is 14.8 Å². The summed E-state index contributed by atoms with van der Waals surface area (Å²) in [5, 5.41) is 8.96. The minimum absolute atomic E-state index is 0.627. The van der Waals surface area contributed by atoms with E-state index in [0.29, 0.717) is 10.7 Å². The van der Waals surface area contributed by atoms with Gasteiger partial charge in [0.25, 0.3) is 0 Å². The monoisotopic (exact) mass is 234 g/mol. The van der Waals surface area contributed by atoms with Gasteiger partial charge in [-0.1, -0.05) is 17.7 Å². The van der Waals surface area contributed by atoms with E-state index in [2.05, 4.69) is 14.8 Å². The van der Waals surface area contributed by atoms with E-state index in [0.717, 1.165) is 36.6 Å². The van der Waals surface area contributed by atoms with Crippen LogP contribution in [-0.2, 0) is 13.0 Å². The Labute approximate surface area is 98.0 Å². The van der Waals surface area contributed by atoms with Gasteiger partial charge in [-0.25, -0.2) is 0 Å². The third-order valence-electron chi connectivity index (χ3n) is 2.88. The maximum absolute atomic E-state index is 6.16. The lowest BCUT2D eigenvalue weighted by Crippen LogP contribution is -1.99. The number of nitrogen functional groups attached to an aromatic ring is 1. The number of nitrogens with two attached hydrogens (primary N) is 1. The number of benzene rings is 1. The van der Waals surface area contributed by atoms with Crippen molar-refractivity contribution in [2.45, 2.75) is 19.4 Å². The minimum Gasteiger partial charge on any atom is -0.398 e. The summed E-state index contributed by atoms with van der Waals surface area (Å²) in [4.78, 5) is 0. The second kappa shape index (κ2) is 3.49. The van der Waals surface area contributed by atoms with Gasteiger partial charge in [-0.05, 0) is 18.6 Å². The molecule has 0 bridgehead atoms. The zero-order chi connectivity index (χ0) is 11.1. The van der Waals surface area contributed by atoms with Crippen molar-refractivity contribution in [3.63, 3.8) is 0 Å². The fourth-order valence-corrected chi connectivity index (χ4v) is 2.38. The summed E-state index contributed by atoms with van der Waals surface area (Å²) < 4.78 is 2.09. The van der Waals surface area contributed by atoms with Crippen LogP contribution < -0.4 is 5.73 Å². The van der Waals surface area contributed by atoms with Crippen LogP contribution in [0.4, 0.5) is 5.69 Å². The van der Waals surface area contributed by atoms with Crippen LogP contribution in [0.2, 0.25) is 5.02 Å². The normalized spacial score (nSPS) is 14.1. The molecule has 2 N–H and O–H groups in total. The van der Waals surface area contributed by atoms with E-state index in [9.17, 15) is 0 Å². The molecule has 1 aromatic heterocycles. The summed E-state index contributed by atoms with van der Waals surface area (Å²) in [6, 6.07) is 5.49. The van der Waals surface area contributed by atoms with E-state index in [4.69, 9.17) is 17.3 Å². The van der Waals surface area contributed by atoms with Crippen molar-refractivity contribution in [3.8, 4) is 11.4 Å². The summed E-state index contributed by atoms with van der Waals surface area (Å²) >= 11 is 6.16. The van der Waals surface area contributed by atoms with Crippen molar-refractivity contribution in [2.24, 2.45) is 0 Å². The highest BCUT2D eigenvalue weighted by atomic mass is 35.5. The molecule has 2 aromatic rings. The smallest absolute Gasteiger partial charge is 0.167 e. The molecular formula is C11H11ClN4. The Bertz CT molecular complexity index is 527. The van der Waals surface area contributed by atoms with Crippen molar-refractivity contribution in [3.05, 3.63) is 29.0 Å². The van der Waals surface area contributed by atoms with Gasteiger partial charge < -0.3 is 10.3 Å². The number of nitrogens with zero attached hydrogens (tertiary/aromatic N) is 3. The van der Waals surface area contributed by atoms with E-state index < -0.39 is 0 Å². The average molecular weight is 235 g/mol. The highest BCUT2D eigenvalue weighted by molar-refractivity contribution is 6.33. The first-order valence-electron chi connectivity index (χ1n) is 5.24. The number of rotatable bonds is 1. The van der Waals surface area contributed by atoms with Gasteiger partial charge in [-0.2, -0.15) is 0 Å². The molecule has 0 aliphatic carbocycles. The number of anilines is 1. The van der Waals surface area contributed by atoms with Gasteiger partial charge in [0, 0.05) is 18.7 Å². The number of aryl methyl sites for hydroxylation is 1. The zero-order valence-electron chi connectivity index (χ0n) is 8.65. The van der Waals surface area contributed by atoms with Crippen LogP contribution >= 0.6 is 11.6 Å². The fraction of sp³-hybridized carbons (Fsp3) is 0.273. The Balaban J connectivity index is 2.22. The molecule has 82 valence electrons. The lowest BCUT2D eigenvalue weighted by Gasteiger charge is -2.07. The first-order valence-corrected chi connectivity index (χ1v) is 5.61. The molecule has 0 amide bonds. The SMILES string of the molecule is Nc1cccc(Cl)c1-c1nnc2n1CCC2. The second-order valence-corrected chi connectivity index (χ2v) is 4.31. The lowest BCUT2D eigenvalue weighted by molar-refractivity contribution is 0.749. The van der Waals surface area contributed by atoms with Crippen molar-refractivity contribution < 1.29 is 0 Å². The molecule has 3 rings (SSSR count). The van der Waals surface area contributed by atoms with Crippen LogP contribution in [0.5, 0.6) is 0 Å². The molecule has 0 atom stereocenters. The third-order valence-corrected chi connectivity index (χ3v) is 3.19. The Morgan fingerprint density at radius 2 is 2.19 bits per heavy atom. The maximum atomic E-state index is 6.16. The van der Waals surface area contributed by atoms with Crippen molar-refractivity contribution in [2.75, 3.05) is 5.73 Å². The molecule has 0 saturated heterocycles. The topological polar surface area (TPSA) is 56.7 Å². The van der Waals surface area contributed by atoms with Gasteiger partial charge in [0.15, 0.2) is 5.82 Å². The number of fused-ring (bicyclic) bond motifs is 1. The molecule has 0 radical (unpaired) electrons. The van der Waals surface area contributed by atoms with Gasteiger partial charge in [-0.15, -0.1) is 10.2 Å². The highest BCUT2D eigenvalue weighted by Gasteiger charge is 2.21. The van der Waals surface area contributed by atoms with Crippen LogP contribution in [0.25, 0.3) is 11.4 Å². The Kier molecular flexibility index (Phi) is 2.11. The van der Waals surface area contributed by atoms with Crippen molar-refractivity contribution in [1.29, 1.82) is 0 Å². The molecule has 16 heavy (non-hydrogen) atoms. The molecule has 1 aromatic carbocycles. The van der Waals surface area contributed by atoms with E-state index in [-0.39, 0.29) is 0 Å². The van der Waals surface area contributed by atoms with E-state index >= 15 is 0 Å². The molecule has 5 heteroatoms. The summed E-state index contributed by atoms with van der Waals surface area (Å²) in [6.45, 7) is 0.947. The van der Waals surface area contributed by atoms with Crippen LogP contribution in [0, 0.1) is 0 Å². The Hall–Kier alpha value is -1.55. The molecule has 1 aliphatic heterocycles. The largest absolute Gasteiger partial charge is 0.398 e. The van der Waals surface area contributed by atoms with Crippen LogP contribution in [0.15, 0.2) is 18.2 Å². The highest BCUT2D eigenvalue weighted by Crippen LogP contribution is 2.33. The van der Waals surface area contributed by atoms with Crippen molar-refractivity contribution in [1.82, 2.24) is 14.8 Å². The van der Waals surface area contributed by atoms with E-state index in [1.807, 2.05) is 18.2 Å². The minimum atomic E-state index is 0.627. The van der Waals surface area contributed by atoms with E-state index in [1.54, 1.807) is 0 Å². The number of halogens is 1. The summed E-state index contributed by atoms with van der Waals surface area (Å²) in [5.74, 6) is 1.81. The Morgan fingerprint density at radius 1 is 1.31 bits per heavy atom. The second-order valence-electron chi connectivity index (χ2n) is 3.90. The number of aromatic nitrogens is 3. The Morgan fingerprint density at radius 3 is 3.00 bits per heavy atom.